The molecule has 1 aromatic carbocycles. The third kappa shape index (κ3) is 3.39. The Morgan fingerprint density at radius 2 is 2.16 bits per heavy atom. The first kappa shape index (κ1) is 16.8. The number of fused-ring (bicyclic) bond motifs is 1. The lowest BCUT2D eigenvalue weighted by Gasteiger charge is -2.22. The summed E-state index contributed by atoms with van der Waals surface area (Å²) in [4.78, 5) is 6.55. The summed E-state index contributed by atoms with van der Waals surface area (Å²) in [6.45, 7) is 1.10. The van der Waals surface area contributed by atoms with Crippen molar-refractivity contribution in [3.05, 3.63) is 40.7 Å². The first-order valence-electron chi connectivity index (χ1n) is 7.90. The van der Waals surface area contributed by atoms with Crippen molar-refractivity contribution >= 4 is 50.1 Å². The fourth-order valence-corrected chi connectivity index (χ4v) is 5.60. The molecule has 6 nitrogen and oxygen atoms in total. The van der Waals surface area contributed by atoms with Crippen LogP contribution in [0.1, 0.15) is 12.8 Å². The topological polar surface area (TPSA) is 75.4 Å². The summed E-state index contributed by atoms with van der Waals surface area (Å²) in [5, 5.41) is 0. The second-order valence-electron chi connectivity index (χ2n) is 5.86. The first-order valence-corrected chi connectivity index (χ1v) is 10.6. The van der Waals surface area contributed by atoms with E-state index in [4.69, 9.17) is 16.0 Å². The van der Waals surface area contributed by atoms with Crippen molar-refractivity contribution in [2.75, 3.05) is 18.0 Å². The van der Waals surface area contributed by atoms with Crippen molar-refractivity contribution in [2.45, 2.75) is 23.1 Å². The summed E-state index contributed by atoms with van der Waals surface area (Å²) < 4.78 is 33.9. The van der Waals surface area contributed by atoms with E-state index < -0.39 is 10.0 Å². The van der Waals surface area contributed by atoms with E-state index >= 15 is 0 Å². The van der Waals surface area contributed by atoms with E-state index in [2.05, 4.69) is 9.71 Å². The van der Waals surface area contributed by atoms with Crippen molar-refractivity contribution in [1.82, 2.24) is 9.71 Å². The van der Waals surface area contributed by atoms with Crippen molar-refractivity contribution in [2.24, 2.45) is 0 Å². The lowest BCUT2D eigenvalue weighted by Crippen LogP contribution is -2.40. The van der Waals surface area contributed by atoms with Gasteiger partial charge in [0.1, 0.15) is 9.73 Å². The molecular weight excluding hydrogens is 382 g/mol. The Morgan fingerprint density at radius 1 is 1.32 bits per heavy atom. The van der Waals surface area contributed by atoms with E-state index in [1.165, 1.54) is 6.07 Å². The summed E-state index contributed by atoms with van der Waals surface area (Å²) >= 11 is 6.88. The minimum absolute atomic E-state index is 0.0123. The molecule has 3 aromatic rings. The van der Waals surface area contributed by atoms with Gasteiger partial charge in [0.2, 0.25) is 10.0 Å². The number of nitrogens with zero attached hydrogens (tertiary/aromatic N) is 2. The molecule has 0 bridgehead atoms. The zero-order valence-electron chi connectivity index (χ0n) is 13.2. The van der Waals surface area contributed by atoms with Crippen LogP contribution < -0.4 is 9.62 Å². The number of hydrogen-bond acceptors (Lipinski definition) is 6. The molecule has 3 heterocycles. The maximum atomic E-state index is 12.4. The molecule has 2 aromatic heterocycles. The highest BCUT2D eigenvalue weighted by Crippen LogP contribution is 2.29. The normalized spacial score (nSPS) is 18.3. The van der Waals surface area contributed by atoms with Gasteiger partial charge in [0.05, 0.1) is 4.34 Å². The maximum Gasteiger partial charge on any atom is 0.298 e. The number of thiophene rings is 1. The molecule has 1 aliphatic heterocycles. The average Bonchev–Trinajstić information content (AvgIpc) is 3.31. The minimum Gasteiger partial charge on any atom is -0.423 e. The molecule has 1 fully saturated rings. The fraction of sp³-hybridized carbons (Fsp3) is 0.312. The van der Waals surface area contributed by atoms with Crippen LogP contribution in [0, 0.1) is 0 Å². The van der Waals surface area contributed by atoms with Crippen molar-refractivity contribution in [1.29, 1.82) is 0 Å². The predicted molar refractivity (Wildman–Crippen MR) is 98.9 cm³/mol. The Bertz CT molecular complexity index is 966. The minimum atomic E-state index is -3.55. The standard InChI is InChI=1S/C16H16ClN3O3S2/c17-14-7-8-15(24-14)25(21,22)18-10-11-4-3-9-20(11)16-19-12-5-1-2-6-13(12)23-16/h1-2,5-8,11,18H,3-4,9-10H2. The van der Waals surface area contributed by atoms with Gasteiger partial charge in [-0.05, 0) is 37.1 Å². The van der Waals surface area contributed by atoms with Gasteiger partial charge in [0, 0.05) is 19.1 Å². The van der Waals surface area contributed by atoms with Crippen molar-refractivity contribution in [3.8, 4) is 0 Å². The number of sulfonamides is 1. The number of aromatic nitrogens is 1. The number of oxazole rings is 1. The Morgan fingerprint density at radius 3 is 2.92 bits per heavy atom. The van der Waals surface area contributed by atoms with Gasteiger partial charge in [-0.15, -0.1) is 11.3 Å². The fourth-order valence-electron chi connectivity index (χ4n) is 3.00. The number of rotatable bonds is 5. The highest BCUT2D eigenvalue weighted by Gasteiger charge is 2.30. The van der Waals surface area contributed by atoms with Gasteiger partial charge >= 0.3 is 0 Å². The molecule has 9 heteroatoms. The molecular formula is C16H16ClN3O3S2. The lowest BCUT2D eigenvalue weighted by molar-refractivity contribution is 0.534. The zero-order valence-corrected chi connectivity index (χ0v) is 15.6. The number of anilines is 1. The molecule has 132 valence electrons. The molecule has 0 saturated carbocycles. The molecule has 1 saturated heterocycles. The van der Waals surface area contributed by atoms with Crippen LogP contribution >= 0.6 is 22.9 Å². The second-order valence-corrected chi connectivity index (χ2v) is 9.57. The van der Waals surface area contributed by atoms with Crippen molar-refractivity contribution in [3.63, 3.8) is 0 Å². The third-order valence-electron chi connectivity index (χ3n) is 4.23. The summed E-state index contributed by atoms with van der Waals surface area (Å²) in [7, 11) is -3.55. The summed E-state index contributed by atoms with van der Waals surface area (Å²) in [6.07, 6.45) is 1.85. The van der Waals surface area contributed by atoms with E-state index in [1.807, 2.05) is 29.2 Å². The third-order valence-corrected chi connectivity index (χ3v) is 7.37. The molecule has 0 spiro atoms. The molecule has 0 aliphatic carbocycles. The number of para-hydroxylation sites is 2. The Hall–Kier alpha value is -1.61. The molecule has 4 rings (SSSR count). The van der Waals surface area contributed by atoms with Crippen LogP contribution in [-0.2, 0) is 10.0 Å². The highest BCUT2D eigenvalue weighted by molar-refractivity contribution is 7.91. The molecule has 1 atom stereocenters. The van der Waals surface area contributed by atoms with E-state index in [1.54, 1.807) is 6.07 Å². The molecule has 1 unspecified atom stereocenters. The molecule has 1 aliphatic rings. The summed E-state index contributed by atoms with van der Waals surface area (Å²) in [5.74, 6) is 0. The predicted octanol–water partition coefficient (Wildman–Crippen LogP) is 3.49. The Balaban J connectivity index is 1.50. The number of hydrogen-bond donors (Lipinski definition) is 1. The molecule has 0 radical (unpaired) electrons. The van der Waals surface area contributed by atoms with Gasteiger partial charge in [0.25, 0.3) is 6.01 Å². The van der Waals surface area contributed by atoms with Crippen LogP contribution in [0.4, 0.5) is 6.01 Å². The van der Waals surface area contributed by atoms with Crippen LogP contribution in [0.2, 0.25) is 4.34 Å². The Labute approximate surface area is 154 Å². The summed E-state index contributed by atoms with van der Waals surface area (Å²) in [5.41, 5.74) is 1.54. The van der Waals surface area contributed by atoms with Gasteiger partial charge in [-0.2, -0.15) is 4.98 Å². The van der Waals surface area contributed by atoms with Crippen LogP contribution in [0.25, 0.3) is 11.1 Å². The van der Waals surface area contributed by atoms with Crippen LogP contribution in [-0.4, -0.2) is 32.5 Å². The largest absolute Gasteiger partial charge is 0.423 e. The van der Waals surface area contributed by atoms with Gasteiger partial charge in [-0.25, -0.2) is 13.1 Å². The molecule has 1 N–H and O–H groups in total. The van der Waals surface area contributed by atoms with Crippen LogP contribution in [0.3, 0.4) is 0 Å². The highest BCUT2D eigenvalue weighted by atomic mass is 35.5. The van der Waals surface area contributed by atoms with Gasteiger partial charge in [0.15, 0.2) is 5.58 Å². The van der Waals surface area contributed by atoms with Crippen LogP contribution in [0.5, 0.6) is 0 Å². The number of nitrogens with one attached hydrogen (secondary N) is 1. The molecule has 0 amide bonds. The second kappa shape index (κ2) is 6.60. The first-order chi connectivity index (χ1) is 12.0. The van der Waals surface area contributed by atoms with E-state index in [0.717, 1.165) is 41.8 Å². The average molecular weight is 398 g/mol. The lowest BCUT2D eigenvalue weighted by atomic mass is 10.2. The quantitative estimate of drug-likeness (QED) is 0.713. The van der Waals surface area contributed by atoms with Gasteiger partial charge in [-0.1, -0.05) is 23.7 Å². The molecule has 25 heavy (non-hydrogen) atoms. The van der Waals surface area contributed by atoms with E-state index in [-0.39, 0.29) is 10.3 Å². The van der Waals surface area contributed by atoms with E-state index in [9.17, 15) is 8.42 Å². The SMILES string of the molecule is O=S(=O)(NCC1CCCN1c1nc2ccccc2o1)c1ccc(Cl)s1. The van der Waals surface area contributed by atoms with Crippen LogP contribution in [0.15, 0.2) is 45.0 Å². The van der Waals surface area contributed by atoms with Crippen molar-refractivity contribution < 1.29 is 12.8 Å². The summed E-state index contributed by atoms with van der Waals surface area (Å²) in [6, 6.07) is 11.2. The zero-order chi connectivity index (χ0) is 17.4. The monoisotopic (exact) mass is 397 g/mol. The maximum absolute atomic E-state index is 12.4. The van der Waals surface area contributed by atoms with Gasteiger partial charge in [-0.3, -0.25) is 0 Å². The Kier molecular flexibility index (Phi) is 4.45. The number of halogens is 1. The number of benzene rings is 1. The van der Waals surface area contributed by atoms with Gasteiger partial charge < -0.3 is 9.32 Å². The van der Waals surface area contributed by atoms with E-state index in [0.29, 0.717) is 16.9 Å². The smallest absolute Gasteiger partial charge is 0.298 e.